The van der Waals surface area contributed by atoms with E-state index in [-0.39, 0.29) is 0 Å². The molecule has 0 aliphatic rings. The molecule has 0 bridgehead atoms. The van der Waals surface area contributed by atoms with E-state index >= 15 is 0 Å². The molecule has 2 heteroatoms. The van der Waals surface area contributed by atoms with Crippen molar-refractivity contribution < 1.29 is 0 Å². The van der Waals surface area contributed by atoms with Crippen LogP contribution in [-0.2, 0) is 0 Å². The third-order valence-electron chi connectivity index (χ3n) is 12.6. The van der Waals surface area contributed by atoms with Gasteiger partial charge in [-0.15, -0.1) is 0 Å². The molecule has 0 unspecified atom stereocenters. The molecule has 11 aromatic carbocycles. The van der Waals surface area contributed by atoms with Gasteiger partial charge >= 0.3 is 0 Å². The lowest BCUT2D eigenvalue weighted by Gasteiger charge is -2.29. The van der Waals surface area contributed by atoms with Gasteiger partial charge in [-0.05, 0) is 127 Å². The van der Waals surface area contributed by atoms with Gasteiger partial charge in [-0.2, -0.15) is 0 Å². The second kappa shape index (κ2) is 14.8. The summed E-state index contributed by atoms with van der Waals surface area (Å²) < 4.78 is 2.38. The molecule has 0 saturated heterocycles. The van der Waals surface area contributed by atoms with Crippen LogP contribution in [0.1, 0.15) is 0 Å². The molecule has 0 spiro atoms. The van der Waals surface area contributed by atoms with Gasteiger partial charge in [0.05, 0.1) is 16.7 Å². The van der Waals surface area contributed by atoms with E-state index in [2.05, 4.69) is 252 Å². The van der Waals surface area contributed by atoms with E-state index in [1.165, 1.54) is 81.9 Å². The van der Waals surface area contributed by atoms with Crippen molar-refractivity contribution in [3.63, 3.8) is 0 Å². The fourth-order valence-electron chi connectivity index (χ4n) is 9.66. The Balaban J connectivity index is 1.04. The monoisotopic (exact) mass is 788 g/mol. The van der Waals surface area contributed by atoms with E-state index in [0.29, 0.717) is 0 Å². The molecule has 0 radical (unpaired) electrons. The molecule has 2 nitrogen and oxygen atoms in total. The molecular weight excluding hydrogens is 749 g/mol. The summed E-state index contributed by atoms with van der Waals surface area (Å²) in [5.41, 5.74) is 13.9. The Labute approximate surface area is 360 Å². The zero-order valence-electron chi connectivity index (χ0n) is 34.0. The Morgan fingerprint density at radius 2 is 0.774 bits per heavy atom. The molecule has 12 rings (SSSR count). The number of anilines is 3. The summed E-state index contributed by atoms with van der Waals surface area (Å²) in [6, 6.07) is 88.5. The Bertz CT molecular complexity index is 3550. The zero-order valence-corrected chi connectivity index (χ0v) is 34.0. The number of hydrogen-bond acceptors (Lipinski definition) is 1. The second-order valence-corrected chi connectivity index (χ2v) is 16.1. The van der Waals surface area contributed by atoms with Crippen molar-refractivity contribution in [1.82, 2.24) is 4.57 Å². The van der Waals surface area contributed by atoms with E-state index in [0.717, 1.165) is 28.3 Å². The molecular formula is C60H40N2. The van der Waals surface area contributed by atoms with Crippen LogP contribution in [-0.4, -0.2) is 4.57 Å². The van der Waals surface area contributed by atoms with Gasteiger partial charge < -0.3 is 9.47 Å². The Kier molecular flexibility index (Phi) is 8.53. The SMILES string of the molecule is c1ccc(-c2ccc(N(c3ccc(-c4cc5c6ccccc6ccc5c5ccccc45)cc3)c3ccc(-n4c5ccccc5c5ccccc54)cc3)c(-c3ccccc3)c2)cc1. The fraction of sp³-hybridized carbons (Fsp3) is 0. The number of rotatable bonds is 7. The van der Waals surface area contributed by atoms with Gasteiger partial charge in [-0.25, -0.2) is 0 Å². The van der Waals surface area contributed by atoms with Crippen LogP contribution >= 0.6 is 0 Å². The number of fused-ring (bicyclic) bond motifs is 8. The fourth-order valence-corrected chi connectivity index (χ4v) is 9.66. The van der Waals surface area contributed by atoms with E-state index in [4.69, 9.17) is 0 Å². The van der Waals surface area contributed by atoms with Gasteiger partial charge in [0, 0.05) is 33.4 Å². The van der Waals surface area contributed by atoms with Crippen molar-refractivity contribution in [2.24, 2.45) is 0 Å². The van der Waals surface area contributed by atoms with Gasteiger partial charge in [-0.3, -0.25) is 0 Å². The molecule has 62 heavy (non-hydrogen) atoms. The highest BCUT2D eigenvalue weighted by Gasteiger charge is 2.20. The van der Waals surface area contributed by atoms with Crippen molar-refractivity contribution in [3.8, 4) is 39.1 Å². The lowest BCUT2D eigenvalue weighted by molar-refractivity contribution is 1.17. The first-order valence-corrected chi connectivity index (χ1v) is 21.3. The van der Waals surface area contributed by atoms with Crippen LogP contribution < -0.4 is 4.90 Å². The van der Waals surface area contributed by atoms with Gasteiger partial charge in [-0.1, -0.05) is 176 Å². The van der Waals surface area contributed by atoms with Crippen LogP contribution in [0.4, 0.5) is 17.1 Å². The highest BCUT2D eigenvalue weighted by molar-refractivity contribution is 6.21. The first kappa shape index (κ1) is 35.7. The number of benzene rings is 11. The summed E-state index contributed by atoms with van der Waals surface area (Å²) >= 11 is 0. The van der Waals surface area contributed by atoms with E-state index in [9.17, 15) is 0 Å². The first-order valence-electron chi connectivity index (χ1n) is 21.3. The average molecular weight is 789 g/mol. The van der Waals surface area contributed by atoms with Crippen LogP contribution in [0.25, 0.3) is 93.2 Å². The molecule has 0 aliphatic heterocycles. The normalized spacial score (nSPS) is 11.5. The minimum absolute atomic E-state index is 1.08. The maximum absolute atomic E-state index is 2.42. The molecule has 0 fully saturated rings. The van der Waals surface area contributed by atoms with Crippen LogP contribution in [0.3, 0.4) is 0 Å². The molecule has 0 atom stereocenters. The largest absolute Gasteiger partial charge is 0.310 e. The molecule has 0 aliphatic carbocycles. The van der Waals surface area contributed by atoms with Crippen LogP contribution in [0.2, 0.25) is 0 Å². The molecule has 1 aromatic heterocycles. The lowest BCUT2D eigenvalue weighted by Crippen LogP contribution is -2.11. The van der Waals surface area contributed by atoms with Crippen molar-refractivity contribution in [2.45, 2.75) is 0 Å². The number of para-hydroxylation sites is 2. The summed E-state index contributed by atoms with van der Waals surface area (Å²) in [6.45, 7) is 0. The van der Waals surface area contributed by atoms with Gasteiger partial charge in [0.2, 0.25) is 0 Å². The van der Waals surface area contributed by atoms with Gasteiger partial charge in [0.1, 0.15) is 0 Å². The number of aromatic nitrogens is 1. The Morgan fingerprint density at radius 3 is 1.45 bits per heavy atom. The summed E-state index contributed by atoms with van der Waals surface area (Å²) in [5.74, 6) is 0. The highest BCUT2D eigenvalue weighted by atomic mass is 15.1. The average Bonchev–Trinajstić information content (AvgIpc) is 3.69. The van der Waals surface area contributed by atoms with Crippen LogP contribution in [0, 0.1) is 0 Å². The second-order valence-electron chi connectivity index (χ2n) is 16.1. The molecule has 12 aromatic rings. The van der Waals surface area contributed by atoms with E-state index in [1.54, 1.807) is 0 Å². The van der Waals surface area contributed by atoms with Gasteiger partial charge in [0.25, 0.3) is 0 Å². The van der Waals surface area contributed by atoms with E-state index in [1.807, 2.05) is 0 Å². The molecule has 290 valence electrons. The van der Waals surface area contributed by atoms with Crippen LogP contribution in [0.15, 0.2) is 243 Å². The van der Waals surface area contributed by atoms with Gasteiger partial charge in [0.15, 0.2) is 0 Å². The van der Waals surface area contributed by atoms with Crippen molar-refractivity contribution in [3.05, 3.63) is 243 Å². The Hall–Kier alpha value is -8.20. The number of hydrogen-bond donors (Lipinski definition) is 0. The van der Waals surface area contributed by atoms with Crippen molar-refractivity contribution in [1.29, 1.82) is 0 Å². The van der Waals surface area contributed by atoms with E-state index < -0.39 is 0 Å². The predicted molar refractivity (Wildman–Crippen MR) is 264 cm³/mol. The zero-order chi connectivity index (χ0) is 41.0. The quantitative estimate of drug-likeness (QED) is 0.146. The predicted octanol–water partition coefficient (Wildman–Crippen LogP) is 16.7. The molecule has 1 heterocycles. The summed E-state index contributed by atoms with van der Waals surface area (Å²) in [6.07, 6.45) is 0. The lowest BCUT2D eigenvalue weighted by atomic mass is 9.91. The first-order chi connectivity index (χ1) is 30.8. The smallest absolute Gasteiger partial charge is 0.0541 e. The maximum Gasteiger partial charge on any atom is 0.0541 e. The standard InChI is InChI=1S/C60H40N2/c1-3-15-41(16-4-1)45-30-38-60(56(39-45)42-17-5-2-6-18-42)61(47-33-35-48(36-34-47)62-58-25-13-11-23-53(58)54-24-12-14-26-59(54)62)46-31-27-44(28-32-46)55-40-57-49-20-8-7-19-43(49)29-37-52(57)50-21-9-10-22-51(50)55/h1-40H. The molecule has 0 saturated carbocycles. The summed E-state index contributed by atoms with van der Waals surface area (Å²) in [7, 11) is 0. The highest BCUT2D eigenvalue weighted by Crippen LogP contribution is 2.45. The molecule has 0 N–H and O–H groups in total. The Morgan fingerprint density at radius 1 is 0.274 bits per heavy atom. The maximum atomic E-state index is 2.42. The van der Waals surface area contributed by atoms with Crippen LogP contribution in [0.5, 0.6) is 0 Å². The third kappa shape index (κ3) is 5.96. The summed E-state index contributed by atoms with van der Waals surface area (Å²) in [5, 5.41) is 10.1. The minimum atomic E-state index is 1.08. The molecule has 0 amide bonds. The van der Waals surface area contributed by atoms with Crippen molar-refractivity contribution >= 4 is 71.2 Å². The topological polar surface area (TPSA) is 8.17 Å². The third-order valence-corrected chi connectivity index (χ3v) is 12.6. The minimum Gasteiger partial charge on any atom is -0.310 e. The summed E-state index contributed by atoms with van der Waals surface area (Å²) in [4.78, 5) is 2.42. The number of nitrogens with zero attached hydrogens (tertiary/aromatic N) is 2. The van der Waals surface area contributed by atoms with Crippen molar-refractivity contribution in [2.75, 3.05) is 4.90 Å².